The summed E-state index contributed by atoms with van der Waals surface area (Å²) in [5.74, 6) is -3.38. The van der Waals surface area contributed by atoms with Crippen LogP contribution in [0.25, 0.3) is 16.7 Å². The van der Waals surface area contributed by atoms with Gasteiger partial charge in [0.1, 0.15) is 28.5 Å². The van der Waals surface area contributed by atoms with Crippen LogP contribution in [0, 0.1) is 35.3 Å². The van der Waals surface area contributed by atoms with E-state index in [0.717, 1.165) is 17.8 Å². The number of nitrogens with zero attached hydrogens (tertiary/aromatic N) is 6. The third kappa shape index (κ3) is 13.7. The van der Waals surface area contributed by atoms with E-state index in [1.807, 2.05) is 50.8 Å². The van der Waals surface area contributed by atoms with E-state index >= 15 is 8.78 Å². The number of nitriles is 1. The van der Waals surface area contributed by atoms with Gasteiger partial charge in [0.2, 0.25) is 23.7 Å². The Balaban J connectivity index is 0.766. The molecule has 5 N–H and O–H groups in total. The van der Waals surface area contributed by atoms with Crippen molar-refractivity contribution in [3.05, 3.63) is 176 Å². The fraction of sp³-hybridized carbons (Fsp3) is 0.323. The van der Waals surface area contributed by atoms with Gasteiger partial charge in [0, 0.05) is 102 Å². The number of anilines is 5. The topological polar surface area (TPSA) is 225 Å². The normalized spacial score (nSPS) is 17.5. The van der Waals surface area contributed by atoms with E-state index in [0.29, 0.717) is 97.8 Å². The van der Waals surface area contributed by atoms with Gasteiger partial charge in [0.25, 0.3) is 11.5 Å². The number of aryl methyl sites for hydroxylation is 1. The van der Waals surface area contributed by atoms with Gasteiger partial charge in [-0.25, -0.2) is 13.8 Å². The number of rotatable bonds is 20. The third-order valence-electron chi connectivity index (χ3n) is 15.8. The molecule has 452 valence electrons. The number of hydrogen-bond acceptors (Lipinski definition) is 13. The lowest BCUT2D eigenvalue weighted by molar-refractivity contribution is -0.131. The van der Waals surface area contributed by atoms with Crippen LogP contribution >= 0.6 is 23.2 Å². The van der Waals surface area contributed by atoms with E-state index in [-0.39, 0.29) is 73.8 Å². The summed E-state index contributed by atoms with van der Waals surface area (Å²) in [7, 11) is 2.95. The van der Waals surface area contributed by atoms with Crippen LogP contribution in [0.1, 0.15) is 85.8 Å². The molecular weight excluding hydrogens is 1160 g/mol. The van der Waals surface area contributed by atoms with Gasteiger partial charge >= 0.3 is 0 Å². The molecule has 4 amide bonds. The molecule has 4 heterocycles. The number of ether oxygens (including phenoxy) is 2. The Hall–Kier alpha value is -8.90. The second-order valence-electron chi connectivity index (χ2n) is 22.7. The first-order chi connectivity index (χ1) is 41.7. The van der Waals surface area contributed by atoms with Crippen LogP contribution in [-0.4, -0.2) is 102 Å². The van der Waals surface area contributed by atoms with E-state index in [1.165, 1.54) is 66.3 Å². The largest absolute Gasteiger partial charge is 0.495 e. The molecule has 0 radical (unpaired) electrons. The molecule has 0 aliphatic carbocycles. The van der Waals surface area contributed by atoms with E-state index < -0.39 is 46.4 Å². The SMILES string of the molecule is C=CC(=O)Nc1cccc(-n2c(=O)cc(C)c3cnc(Nc4ccc(N5CCN(C(=O)CCCCCNC(=O)c6ccc(NC(=O)C7NC(CC(C)(C)C)C(C#N)(c8ccc(Cl)cc8F)C7c7cccc(Cl)c7F)c(OC)c6)CC5)cc4OC)nc32)c1. The van der Waals surface area contributed by atoms with Gasteiger partial charge in [-0.1, -0.05) is 81.2 Å². The monoisotopic (exact) mass is 1220 g/mol. The smallest absolute Gasteiger partial charge is 0.257 e. The fourth-order valence-electron chi connectivity index (χ4n) is 11.5. The van der Waals surface area contributed by atoms with Crippen LogP contribution in [0.5, 0.6) is 11.5 Å². The van der Waals surface area contributed by atoms with Crippen molar-refractivity contribution in [1.29, 1.82) is 5.26 Å². The lowest BCUT2D eigenvalue weighted by Gasteiger charge is -2.37. The number of fused-ring (bicyclic) bond motifs is 1. The van der Waals surface area contributed by atoms with E-state index in [9.17, 15) is 29.2 Å². The minimum atomic E-state index is -1.83. The standard InChI is InChI=1S/C65H67Cl2F2N11O7/c1-8-54(81)73-41-14-12-15-43(33-41)80-56(83)30-38(2)45-36-72-63(77-60(45)80)75-50-24-21-42(34-52(50)87-7)78-26-28-79(29-27-78)55(82)18-10-9-11-25-71-61(84)39-19-23-49(51(31-39)86-6)74-62(85)59-57(44-16-13-17-47(67)58(44)69)65(37-70,53(76-59)35-64(3,4)5)46-22-20-40(66)32-48(46)68/h8,12-17,19-24,30-34,36,53,57,59,76H,1,9-11,18,25-29,35H2,2-7H3,(H,71,84)(H,73,81)(H,74,85)(H,72,75,77). The molecular formula is C65H67Cl2F2N11O7. The van der Waals surface area contributed by atoms with Crippen molar-refractivity contribution < 1.29 is 37.4 Å². The number of nitrogens with one attached hydrogen (secondary N) is 5. The molecule has 4 atom stereocenters. The number of carbonyl (C=O) groups excluding carboxylic acids is 4. The van der Waals surface area contributed by atoms with E-state index in [2.05, 4.69) is 49.1 Å². The minimum absolute atomic E-state index is 0.0514. The highest BCUT2D eigenvalue weighted by Crippen LogP contribution is 2.53. The summed E-state index contributed by atoms with van der Waals surface area (Å²) in [5.41, 5.74) is 1.33. The van der Waals surface area contributed by atoms with Crippen molar-refractivity contribution >= 4 is 86.6 Å². The van der Waals surface area contributed by atoms with Crippen LogP contribution < -0.4 is 46.5 Å². The van der Waals surface area contributed by atoms with Gasteiger partial charge in [-0.15, -0.1) is 0 Å². The Kier molecular flexibility index (Phi) is 19.3. The summed E-state index contributed by atoms with van der Waals surface area (Å²) in [6.45, 7) is 13.8. The summed E-state index contributed by atoms with van der Waals surface area (Å²) < 4.78 is 45.3. The second kappa shape index (κ2) is 26.8. The molecule has 2 aliphatic heterocycles. The summed E-state index contributed by atoms with van der Waals surface area (Å²) >= 11 is 12.5. The molecule has 2 aliphatic rings. The predicted molar refractivity (Wildman–Crippen MR) is 334 cm³/mol. The highest BCUT2D eigenvalue weighted by molar-refractivity contribution is 6.31. The number of benzene rings is 5. The number of hydrogen-bond donors (Lipinski definition) is 5. The van der Waals surface area contributed by atoms with Crippen molar-refractivity contribution in [3.63, 3.8) is 0 Å². The Labute approximate surface area is 512 Å². The van der Waals surface area contributed by atoms with Crippen molar-refractivity contribution in [3.8, 4) is 23.3 Å². The van der Waals surface area contributed by atoms with Crippen LogP contribution in [0.3, 0.4) is 0 Å². The van der Waals surface area contributed by atoms with Gasteiger partial charge in [-0.05, 0) is 116 Å². The molecule has 2 aromatic heterocycles. The van der Waals surface area contributed by atoms with Gasteiger partial charge in [-0.2, -0.15) is 10.2 Å². The molecule has 18 nitrogen and oxygen atoms in total. The number of halogens is 4. The average molecular weight is 1220 g/mol. The highest BCUT2D eigenvalue weighted by Gasteiger charge is 2.61. The molecule has 2 saturated heterocycles. The quantitative estimate of drug-likeness (QED) is 0.0354. The van der Waals surface area contributed by atoms with Crippen LogP contribution in [-0.2, 0) is 19.8 Å². The number of amides is 4. The summed E-state index contributed by atoms with van der Waals surface area (Å²) in [5, 5.41) is 26.8. The van der Waals surface area contributed by atoms with Crippen molar-refractivity contribution in [1.82, 2.24) is 30.1 Å². The average Bonchev–Trinajstić information content (AvgIpc) is 1.62. The number of methoxy groups -OCH3 is 2. The van der Waals surface area contributed by atoms with Gasteiger partial charge < -0.3 is 45.9 Å². The van der Waals surface area contributed by atoms with Crippen LogP contribution in [0.4, 0.5) is 37.5 Å². The van der Waals surface area contributed by atoms with Gasteiger partial charge in [-0.3, -0.25) is 28.5 Å². The fourth-order valence-corrected chi connectivity index (χ4v) is 11.9. The first-order valence-electron chi connectivity index (χ1n) is 28.4. The highest BCUT2D eigenvalue weighted by atomic mass is 35.5. The second-order valence-corrected chi connectivity index (χ2v) is 23.6. The number of pyridine rings is 1. The summed E-state index contributed by atoms with van der Waals surface area (Å²) in [6, 6.07) is 27.1. The predicted octanol–water partition coefficient (Wildman–Crippen LogP) is 11.2. The third-order valence-corrected chi connectivity index (χ3v) is 16.3. The summed E-state index contributed by atoms with van der Waals surface area (Å²) in [4.78, 5) is 80.3. The Morgan fingerprint density at radius 1 is 0.874 bits per heavy atom. The van der Waals surface area contributed by atoms with Crippen LogP contribution in [0.2, 0.25) is 10.0 Å². The maximum absolute atomic E-state index is 16.2. The molecule has 5 aromatic carbocycles. The number of aromatic nitrogens is 3. The molecule has 2 fully saturated rings. The van der Waals surface area contributed by atoms with Crippen molar-refractivity contribution in [2.45, 2.75) is 83.2 Å². The van der Waals surface area contributed by atoms with Gasteiger partial charge in [0.05, 0.1) is 48.4 Å². The van der Waals surface area contributed by atoms with E-state index in [4.69, 9.17) is 37.7 Å². The Morgan fingerprint density at radius 2 is 1.61 bits per heavy atom. The summed E-state index contributed by atoms with van der Waals surface area (Å²) in [6.07, 6.45) is 5.40. The molecule has 7 aromatic rings. The zero-order valence-electron chi connectivity index (χ0n) is 49.0. The molecule has 4 unspecified atom stereocenters. The number of carbonyl (C=O) groups is 4. The first kappa shape index (κ1) is 62.6. The molecule has 0 spiro atoms. The first-order valence-corrected chi connectivity index (χ1v) is 29.2. The maximum Gasteiger partial charge on any atom is 0.257 e. The van der Waals surface area contributed by atoms with Gasteiger partial charge in [0.15, 0.2) is 5.65 Å². The number of unbranched alkanes of at least 4 members (excludes halogenated alkanes) is 2. The molecule has 87 heavy (non-hydrogen) atoms. The zero-order valence-corrected chi connectivity index (χ0v) is 50.5. The lowest BCUT2D eigenvalue weighted by atomic mass is 9.62. The Morgan fingerprint density at radius 3 is 2.32 bits per heavy atom. The molecule has 0 saturated carbocycles. The van der Waals surface area contributed by atoms with Crippen molar-refractivity contribution in [2.24, 2.45) is 5.41 Å². The minimum Gasteiger partial charge on any atom is -0.495 e. The molecule has 9 rings (SSSR count). The van der Waals surface area contributed by atoms with Crippen molar-refractivity contribution in [2.75, 3.05) is 67.8 Å². The zero-order chi connectivity index (χ0) is 62.3. The molecule has 22 heteroatoms. The molecule has 0 bridgehead atoms. The Bertz CT molecular complexity index is 3900. The number of piperazine rings is 1. The van der Waals surface area contributed by atoms with E-state index in [1.54, 1.807) is 37.6 Å². The van der Waals surface area contributed by atoms with Crippen LogP contribution in [0.15, 0.2) is 127 Å². The lowest BCUT2D eigenvalue weighted by Crippen LogP contribution is -2.48. The maximum atomic E-state index is 16.2.